The van der Waals surface area contributed by atoms with Crippen molar-refractivity contribution in [2.75, 3.05) is 0 Å². The zero-order valence-corrected chi connectivity index (χ0v) is 14.2. The van der Waals surface area contributed by atoms with Crippen LogP contribution >= 0.6 is 0 Å². The first-order valence-corrected chi connectivity index (χ1v) is 8.36. The van der Waals surface area contributed by atoms with Gasteiger partial charge in [-0.15, -0.1) is 0 Å². The lowest BCUT2D eigenvalue weighted by Crippen LogP contribution is -2.29. The molecule has 0 N–H and O–H groups in total. The molecule has 0 aromatic heterocycles. The number of ether oxygens (including phenoxy) is 1. The first kappa shape index (κ1) is 14.3. The molecule has 3 aromatic rings. The van der Waals surface area contributed by atoms with Crippen LogP contribution in [0.15, 0.2) is 48.5 Å². The highest BCUT2D eigenvalue weighted by molar-refractivity contribution is 5.97. The second-order valence-corrected chi connectivity index (χ2v) is 7.01. The second kappa shape index (κ2) is 4.86. The molecule has 0 amide bonds. The van der Waals surface area contributed by atoms with E-state index in [0.29, 0.717) is 0 Å². The molecule has 0 spiro atoms. The third-order valence-electron chi connectivity index (χ3n) is 4.91. The number of rotatable bonds is 1. The zero-order valence-electron chi connectivity index (χ0n) is 14.2. The van der Waals surface area contributed by atoms with Gasteiger partial charge in [-0.3, -0.25) is 0 Å². The fraction of sp³-hybridized carbons (Fsp3) is 0.273. The summed E-state index contributed by atoms with van der Waals surface area (Å²) in [6.07, 6.45) is 1.05. The number of hydrogen-bond donors (Lipinski definition) is 0. The summed E-state index contributed by atoms with van der Waals surface area (Å²) in [5, 5.41) is 2.44. The van der Waals surface area contributed by atoms with Crippen LogP contribution in [0.1, 0.15) is 37.5 Å². The normalized spacial score (nSPS) is 15.0. The Morgan fingerprint density at radius 1 is 0.913 bits per heavy atom. The Balaban J connectivity index is 2.04. The quantitative estimate of drug-likeness (QED) is 0.535. The molecule has 1 heterocycles. The lowest BCUT2D eigenvalue weighted by molar-refractivity contribution is 0.108. The van der Waals surface area contributed by atoms with E-state index in [4.69, 9.17) is 4.74 Å². The number of hydrogen-bond acceptors (Lipinski definition) is 1. The van der Waals surface area contributed by atoms with Gasteiger partial charge in [-0.1, -0.05) is 55.0 Å². The molecule has 116 valence electrons. The smallest absolute Gasteiger partial charge is 0.136 e. The molecule has 4 rings (SSSR count). The number of benzene rings is 3. The summed E-state index contributed by atoms with van der Waals surface area (Å²) in [5.41, 5.74) is 6.12. The molecule has 0 bridgehead atoms. The maximum Gasteiger partial charge on any atom is 0.136 e. The molecule has 3 aromatic carbocycles. The minimum absolute atomic E-state index is 0.313. The van der Waals surface area contributed by atoms with Crippen molar-refractivity contribution in [1.82, 2.24) is 0 Å². The lowest BCUT2D eigenvalue weighted by Gasteiger charge is -2.36. The maximum atomic E-state index is 6.50. The summed E-state index contributed by atoms with van der Waals surface area (Å²) in [4.78, 5) is 0. The van der Waals surface area contributed by atoms with Gasteiger partial charge in [-0.25, -0.2) is 0 Å². The molecule has 1 aliphatic rings. The summed E-state index contributed by atoms with van der Waals surface area (Å²) in [6, 6.07) is 17.8. The first-order chi connectivity index (χ1) is 11.0. The van der Waals surface area contributed by atoms with Crippen molar-refractivity contribution in [3.63, 3.8) is 0 Å². The van der Waals surface area contributed by atoms with Crippen molar-refractivity contribution in [3.05, 3.63) is 65.2 Å². The predicted molar refractivity (Wildman–Crippen MR) is 97.2 cm³/mol. The Kier molecular flexibility index (Phi) is 3.02. The highest BCUT2D eigenvalue weighted by Gasteiger charge is 2.33. The monoisotopic (exact) mass is 302 g/mol. The molecule has 0 saturated carbocycles. The molecule has 0 radical (unpaired) electrons. The Morgan fingerprint density at radius 2 is 1.70 bits per heavy atom. The predicted octanol–water partition coefficient (Wildman–Crippen LogP) is 6.01. The Morgan fingerprint density at radius 3 is 2.48 bits per heavy atom. The van der Waals surface area contributed by atoms with E-state index in [1.54, 1.807) is 0 Å². The summed E-state index contributed by atoms with van der Waals surface area (Å²) in [6.45, 7) is 8.66. The van der Waals surface area contributed by atoms with E-state index in [1.807, 2.05) is 0 Å². The maximum absolute atomic E-state index is 6.50. The van der Waals surface area contributed by atoms with Gasteiger partial charge < -0.3 is 4.74 Å². The Hall–Kier alpha value is -2.28. The average Bonchev–Trinajstić information content (AvgIpc) is 2.53. The van der Waals surface area contributed by atoms with Crippen LogP contribution in [0, 0.1) is 6.92 Å². The van der Waals surface area contributed by atoms with Gasteiger partial charge in [0, 0.05) is 16.5 Å². The minimum atomic E-state index is -0.313. The van der Waals surface area contributed by atoms with Crippen LogP contribution in [0.5, 0.6) is 5.75 Å². The Labute approximate surface area is 137 Å². The van der Waals surface area contributed by atoms with E-state index < -0.39 is 0 Å². The first-order valence-electron chi connectivity index (χ1n) is 8.36. The van der Waals surface area contributed by atoms with Crippen LogP contribution in [-0.2, 0) is 12.0 Å². The van der Waals surface area contributed by atoms with Gasteiger partial charge >= 0.3 is 0 Å². The molecule has 23 heavy (non-hydrogen) atoms. The SMILES string of the molecule is CCc1ccc2c(c1)C(C)(C)Oc1c-2ccc2cc(C)ccc12. The van der Waals surface area contributed by atoms with Gasteiger partial charge in [0.15, 0.2) is 0 Å². The molecule has 0 aliphatic carbocycles. The van der Waals surface area contributed by atoms with Gasteiger partial charge in [-0.2, -0.15) is 0 Å². The van der Waals surface area contributed by atoms with Crippen LogP contribution in [0.25, 0.3) is 21.9 Å². The van der Waals surface area contributed by atoms with E-state index in [-0.39, 0.29) is 5.60 Å². The standard InChI is InChI=1S/C22H22O/c1-5-15-7-10-18-19-11-8-16-12-14(2)6-9-17(16)21(19)23-22(3,4)20(18)13-15/h6-13H,5H2,1-4H3. The molecular formula is C22H22O. The van der Waals surface area contributed by atoms with Gasteiger partial charge in [0.05, 0.1) is 0 Å². The van der Waals surface area contributed by atoms with Crippen molar-refractivity contribution >= 4 is 10.8 Å². The van der Waals surface area contributed by atoms with Gasteiger partial charge in [0.25, 0.3) is 0 Å². The summed E-state index contributed by atoms with van der Waals surface area (Å²) in [7, 11) is 0. The molecular weight excluding hydrogens is 280 g/mol. The van der Waals surface area contributed by atoms with Crippen LogP contribution in [0.4, 0.5) is 0 Å². The van der Waals surface area contributed by atoms with Crippen molar-refractivity contribution in [2.24, 2.45) is 0 Å². The van der Waals surface area contributed by atoms with Gasteiger partial charge in [0.1, 0.15) is 11.4 Å². The van der Waals surface area contributed by atoms with E-state index in [0.717, 1.165) is 12.2 Å². The van der Waals surface area contributed by atoms with Crippen LogP contribution < -0.4 is 4.74 Å². The topological polar surface area (TPSA) is 9.23 Å². The molecule has 1 aliphatic heterocycles. The summed E-state index contributed by atoms with van der Waals surface area (Å²) < 4.78 is 6.50. The molecule has 0 atom stereocenters. The second-order valence-electron chi connectivity index (χ2n) is 7.01. The van der Waals surface area contributed by atoms with Gasteiger partial charge in [0.2, 0.25) is 0 Å². The lowest BCUT2D eigenvalue weighted by atomic mass is 9.84. The largest absolute Gasteiger partial charge is 0.482 e. The molecule has 0 fully saturated rings. The highest BCUT2D eigenvalue weighted by atomic mass is 16.5. The average molecular weight is 302 g/mol. The Bertz CT molecular complexity index is 919. The number of fused-ring (bicyclic) bond motifs is 5. The number of aryl methyl sites for hydroxylation is 2. The third kappa shape index (κ3) is 2.15. The highest BCUT2D eigenvalue weighted by Crippen LogP contribution is 2.48. The summed E-state index contributed by atoms with van der Waals surface area (Å²) in [5.74, 6) is 1.02. The van der Waals surface area contributed by atoms with Crippen molar-refractivity contribution < 1.29 is 4.74 Å². The fourth-order valence-corrected chi connectivity index (χ4v) is 3.60. The molecule has 1 heteroatoms. The van der Waals surface area contributed by atoms with Crippen molar-refractivity contribution in [1.29, 1.82) is 0 Å². The van der Waals surface area contributed by atoms with Crippen molar-refractivity contribution in [3.8, 4) is 16.9 Å². The minimum Gasteiger partial charge on any atom is -0.482 e. The van der Waals surface area contributed by atoms with Crippen LogP contribution in [0.3, 0.4) is 0 Å². The van der Waals surface area contributed by atoms with E-state index in [1.165, 1.54) is 38.6 Å². The third-order valence-corrected chi connectivity index (χ3v) is 4.91. The molecule has 0 unspecified atom stereocenters. The fourth-order valence-electron chi connectivity index (χ4n) is 3.60. The van der Waals surface area contributed by atoms with Crippen LogP contribution in [-0.4, -0.2) is 0 Å². The van der Waals surface area contributed by atoms with E-state index >= 15 is 0 Å². The van der Waals surface area contributed by atoms with Gasteiger partial charge in [-0.05, 0) is 49.8 Å². The van der Waals surface area contributed by atoms with Crippen molar-refractivity contribution in [2.45, 2.75) is 39.7 Å². The summed E-state index contributed by atoms with van der Waals surface area (Å²) >= 11 is 0. The van der Waals surface area contributed by atoms with E-state index in [2.05, 4.69) is 76.2 Å². The zero-order chi connectivity index (χ0) is 16.2. The molecule has 0 saturated heterocycles. The van der Waals surface area contributed by atoms with Crippen LogP contribution in [0.2, 0.25) is 0 Å². The molecule has 1 nitrogen and oxygen atoms in total. The van der Waals surface area contributed by atoms with E-state index in [9.17, 15) is 0 Å².